The molecule has 1 N–H and O–H groups in total. The van der Waals surface area contributed by atoms with Crippen molar-refractivity contribution in [3.05, 3.63) is 52.0 Å². The Morgan fingerprint density at radius 3 is 2.56 bits per heavy atom. The summed E-state index contributed by atoms with van der Waals surface area (Å²) in [5, 5.41) is 10.5. The number of hydroxylamine groups is 1. The van der Waals surface area contributed by atoms with Crippen LogP contribution in [0.15, 0.2) is 40.9 Å². The lowest BCUT2D eigenvalue weighted by Gasteiger charge is -2.20. The second-order valence-electron chi connectivity index (χ2n) is 5.15. The number of halogens is 1. The molecule has 1 amide bonds. The third kappa shape index (κ3) is 4.43. The van der Waals surface area contributed by atoms with Crippen LogP contribution in [0.25, 0.3) is 0 Å². The molecule has 6 nitrogen and oxygen atoms in total. The van der Waals surface area contributed by atoms with Crippen LogP contribution in [0.5, 0.6) is 11.5 Å². The first-order chi connectivity index (χ1) is 12.0. The Morgan fingerprint density at radius 1 is 1.20 bits per heavy atom. The standard InChI is InChI=1S/C18H20BrNO5/c1-4-12-8-9-17(14(19)10-12)25-11-13-15(20(22)18(21)24-3)6-5-7-16(13)23-2/h5-10,22H,4,11H2,1-3H3. The molecule has 0 aliphatic rings. The van der Waals surface area contributed by atoms with Gasteiger partial charge in [0.15, 0.2) is 0 Å². The van der Waals surface area contributed by atoms with Gasteiger partial charge in [0.1, 0.15) is 18.1 Å². The minimum atomic E-state index is -0.900. The second kappa shape index (κ2) is 8.73. The van der Waals surface area contributed by atoms with E-state index in [0.717, 1.165) is 10.9 Å². The molecule has 0 saturated carbocycles. The lowest BCUT2D eigenvalue weighted by molar-refractivity contribution is 0.140. The van der Waals surface area contributed by atoms with E-state index in [1.807, 2.05) is 18.2 Å². The van der Waals surface area contributed by atoms with E-state index >= 15 is 0 Å². The summed E-state index contributed by atoms with van der Waals surface area (Å²) < 4.78 is 16.6. The van der Waals surface area contributed by atoms with Gasteiger partial charge in [0.25, 0.3) is 0 Å². The topological polar surface area (TPSA) is 68.2 Å². The predicted molar refractivity (Wildman–Crippen MR) is 97.5 cm³/mol. The van der Waals surface area contributed by atoms with Crippen LogP contribution >= 0.6 is 15.9 Å². The number of amides is 1. The first-order valence-electron chi connectivity index (χ1n) is 7.65. The summed E-state index contributed by atoms with van der Waals surface area (Å²) in [6, 6.07) is 10.8. The van der Waals surface area contributed by atoms with E-state index < -0.39 is 6.09 Å². The number of ether oxygens (including phenoxy) is 3. The number of anilines is 1. The Labute approximate surface area is 155 Å². The summed E-state index contributed by atoms with van der Waals surface area (Å²) >= 11 is 3.49. The summed E-state index contributed by atoms with van der Waals surface area (Å²) in [5.74, 6) is 1.14. The van der Waals surface area contributed by atoms with Crippen molar-refractivity contribution < 1.29 is 24.2 Å². The van der Waals surface area contributed by atoms with E-state index in [4.69, 9.17) is 9.47 Å². The maximum Gasteiger partial charge on any atom is 0.438 e. The third-order valence-electron chi connectivity index (χ3n) is 3.68. The molecule has 0 aromatic heterocycles. The Bertz CT molecular complexity index is 750. The Hall–Kier alpha value is -2.25. The molecule has 0 aliphatic carbocycles. The smallest absolute Gasteiger partial charge is 0.438 e. The molecular weight excluding hydrogens is 390 g/mol. The molecule has 0 fully saturated rings. The molecular formula is C18H20BrNO5. The van der Waals surface area contributed by atoms with Gasteiger partial charge in [0.05, 0.1) is 29.9 Å². The van der Waals surface area contributed by atoms with E-state index in [9.17, 15) is 10.0 Å². The number of carbonyl (C=O) groups is 1. The third-order valence-corrected chi connectivity index (χ3v) is 4.30. The van der Waals surface area contributed by atoms with Crippen molar-refractivity contribution in [1.82, 2.24) is 0 Å². The molecule has 2 aromatic rings. The van der Waals surface area contributed by atoms with E-state index in [2.05, 4.69) is 27.6 Å². The van der Waals surface area contributed by atoms with Gasteiger partial charge < -0.3 is 14.2 Å². The molecule has 134 valence electrons. The molecule has 0 atom stereocenters. The van der Waals surface area contributed by atoms with Crippen LogP contribution in [0, 0.1) is 0 Å². The van der Waals surface area contributed by atoms with Gasteiger partial charge >= 0.3 is 6.09 Å². The number of aryl methyl sites for hydroxylation is 1. The number of hydrogen-bond donors (Lipinski definition) is 1. The number of carbonyl (C=O) groups excluding carboxylic acids is 1. The SMILES string of the molecule is CCc1ccc(OCc2c(OC)cccc2N(O)C(=O)OC)c(Br)c1. The van der Waals surface area contributed by atoms with Crippen LogP contribution < -0.4 is 14.5 Å². The fraction of sp³-hybridized carbons (Fsp3) is 0.278. The molecule has 0 spiro atoms. The molecule has 0 saturated heterocycles. The van der Waals surface area contributed by atoms with Crippen LogP contribution in [0.3, 0.4) is 0 Å². The van der Waals surface area contributed by atoms with Crippen molar-refractivity contribution in [3.8, 4) is 11.5 Å². The van der Waals surface area contributed by atoms with Gasteiger partial charge in [-0.3, -0.25) is 5.21 Å². The fourth-order valence-corrected chi connectivity index (χ4v) is 2.85. The van der Waals surface area contributed by atoms with E-state index in [0.29, 0.717) is 22.1 Å². The Kier molecular flexibility index (Phi) is 6.66. The Balaban J connectivity index is 2.30. The van der Waals surface area contributed by atoms with Gasteiger partial charge in [-0.1, -0.05) is 19.1 Å². The van der Waals surface area contributed by atoms with Crippen LogP contribution in [0.4, 0.5) is 10.5 Å². The van der Waals surface area contributed by atoms with Gasteiger partial charge in [-0.2, -0.15) is 5.06 Å². The van der Waals surface area contributed by atoms with Crippen molar-refractivity contribution in [3.63, 3.8) is 0 Å². The fourth-order valence-electron chi connectivity index (χ4n) is 2.30. The summed E-state index contributed by atoms with van der Waals surface area (Å²) in [5.41, 5.74) is 1.93. The van der Waals surface area contributed by atoms with Gasteiger partial charge in [0.2, 0.25) is 0 Å². The van der Waals surface area contributed by atoms with E-state index in [1.165, 1.54) is 19.8 Å². The van der Waals surface area contributed by atoms with Crippen LogP contribution in [0.1, 0.15) is 18.1 Å². The van der Waals surface area contributed by atoms with Crippen molar-refractivity contribution in [2.45, 2.75) is 20.0 Å². The van der Waals surface area contributed by atoms with Gasteiger partial charge in [-0.25, -0.2) is 4.79 Å². The molecule has 0 bridgehead atoms. The molecule has 2 aromatic carbocycles. The lowest BCUT2D eigenvalue weighted by Crippen LogP contribution is -2.28. The molecule has 0 unspecified atom stereocenters. The highest BCUT2D eigenvalue weighted by molar-refractivity contribution is 9.10. The molecule has 7 heteroatoms. The van der Waals surface area contributed by atoms with Gasteiger partial charge in [-0.15, -0.1) is 0 Å². The number of nitrogens with zero attached hydrogens (tertiary/aromatic N) is 1. The number of benzene rings is 2. The first-order valence-corrected chi connectivity index (χ1v) is 8.45. The predicted octanol–water partition coefficient (Wildman–Crippen LogP) is 4.56. The molecule has 0 radical (unpaired) electrons. The minimum Gasteiger partial charge on any atom is -0.496 e. The van der Waals surface area contributed by atoms with Crippen molar-refractivity contribution in [2.75, 3.05) is 19.3 Å². The second-order valence-corrected chi connectivity index (χ2v) is 6.00. The highest BCUT2D eigenvalue weighted by Gasteiger charge is 2.20. The summed E-state index contributed by atoms with van der Waals surface area (Å²) in [6.45, 7) is 2.17. The highest BCUT2D eigenvalue weighted by atomic mass is 79.9. The summed E-state index contributed by atoms with van der Waals surface area (Å²) in [7, 11) is 2.70. The lowest BCUT2D eigenvalue weighted by atomic mass is 10.1. The Morgan fingerprint density at radius 2 is 1.96 bits per heavy atom. The highest BCUT2D eigenvalue weighted by Crippen LogP contribution is 2.32. The quantitative estimate of drug-likeness (QED) is 0.559. The summed E-state index contributed by atoms with van der Waals surface area (Å²) in [4.78, 5) is 11.6. The largest absolute Gasteiger partial charge is 0.496 e. The van der Waals surface area contributed by atoms with E-state index in [1.54, 1.807) is 18.2 Å². The zero-order valence-corrected chi connectivity index (χ0v) is 15.9. The monoisotopic (exact) mass is 409 g/mol. The van der Waals surface area contributed by atoms with Crippen LogP contribution in [-0.2, 0) is 17.8 Å². The van der Waals surface area contributed by atoms with Crippen molar-refractivity contribution in [1.29, 1.82) is 0 Å². The van der Waals surface area contributed by atoms with Crippen LogP contribution in [0.2, 0.25) is 0 Å². The minimum absolute atomic E-state index is 0.0947. The normalized spacial score (nSPS) is 10.3. The van der Waals surface area contributed by atoms with E-state index in [-0.39, 0.29) is 12.3 Å². The molecule has 0 aliphatic heterocycles. The molecule has 2 rings (SSSR count). The average molecular weight is 410 g/mol. The maximum absolute atomic E-state index is 11.6. The van der Waals surface area contributed by atoms with Crippen molar-refractivity contribution in [2.24, 2.45) is 0 Å². The van der Waals surface area contributed by atoms with Gasteiger partial charge in [-0.05, 0) is 52.2 Å². The number of methoxy groups -OCH3 is 2. The molecule has 0 heterocycles. The number of rotatable bonds is 6. The maximum atomic E-state index is 11.6. The number of hydrogen-bond acceptors (Lipinski definition) is 5. The van der Waals surface area contributed by atoms with Crippen molar-refractivity contribution >= 4 is 27.7 Å². The average Bonchev–Trinajstić information content (AvgIpc) is 2.65. The van der Waals surface area contributed by atoms with Crippen LogP contribution in [-0.4, -0.2) is 25.5 Å². The zero-order chi connectivity index (χ0) is 18.4. The first kappa shape index (κ1) is 19.1. The summed E-state index contributed by atoms with van der Waals surface area (Å²) in [6.07, 6.45) is 0.0247. The van der Waals surface area contributed by atoms with Gasteiger partial charge in [0, 0.05) is 0 Å². The zero-order valence-electron chi connectivity index (χ0n) is 14.3. The molecule has 25 heavy (non-hydrogen) atoms.